The third kappa shape index (κ3) is 3.02. The average Bonchev–Trinajstić information content (AvgIpc) is 3.06. The van der Waals surface area contributed by atoms with E-state index in [1.165, 1.54) is 0 Å². The molecule has 1 heterocycles. The van der Waals surface area contributed by atoms with E-state index in [2.05, 4.69) is 5.32 Å². The summed E-state index contributed by atoms with van der Waals surface area (Å²) in [6.45, 7) is 5.36. The number of nitrogens with two attached hydrogens (primary N) is 1. The minimum Gasteiger partial charge on any atom is -0.381 e. The predicted octanol–water partition coefficient (Wildman–Crippen LogP) is 0.283. The first-order valence-electron chi connectivity index (χ1n) is 6.89. The van der Waals surface area contributed by atoms with Gasteiger partial charge < -0.3 is 20.5 Å². The molecular weight excluding hydrogens is 232 g/mol. The number of hydrogen-bond donors (Lipinski definition) is 2. The summed E-state index contributed by atoms with van der Waals surface area (Å²) in [5.74, 6) is 0.528. The van der Waals surface area contributed by atoms with E-state index in [4.69, 9.17) is 15.2 Å². The van der Waals surface area contributed by atoms with Crippen molar-refractivity contribution in [3.05, 3.63) is 0 Å². The van der Waals surface area contributed by atoms with Gasteiger partial charge in [-0.05, 0) is 31.7 Å². The lowest BCUT2D eigenvalue weighted by Gasteiger charge is -2.31. The second kappa shape index (κ2) is 5.99. The summed E-state index contributed by atoms with van der Waals surface area (Å²) in [6, 6.07) is 0. The molecular formula is C13H24N2O3. The van der Waals surface area contributed by atoms with Crippen molar-refractivity contribution < 1.29 is 14.3 Å². The third-order valence-electron chi connectivity index (χ3n) is 3.91. The van der Waals surface area contributed by atoms with Crippen molar-refractivity contribution in [3.63, 3.8) is 0 Å². The number of carbonyl (C=O) groups excluding carboxylic acids is 1. The Kier molecular flexibility index (Phi) is 4.59. The zero-order valence-corrected chi connectivity index (χ0v) is 11.1. The number of carbonyl (C=O) groups is 1. The Morgan fingerprint density at radius 2 is 2.28 bits per heavy atom. The van der Waals surface area contributed by atoms with Crippen molar-refractivity contribution in [1.29, 1.82) is 0 Å². The number of hydrogen-bond acceptors (Lipinski definition) is 4. The van der Waals surface area contributed by atoms with Crippen LogP contribution in [0, 0.1) is 11.8 Å². The molecule has 3 N–H and O–H groups in total. The van der Waals surface area contributed by atoms with Gasteiger partial charge >= 0.3 is 0 Å². The normalized spacial score (nSPS) is 27.1. The Labute approximate surface area is 108 Å². The van der Waals surface area contributed by atoms with Gasteiger partial charge in [-0.2, -0.15) is 0 Å². The number of primary amides is 1. The highest BCUT2D eigenvalue weighted by Gasteiger charge is 2.49. The van der Waals surface area contributed by atoms with Gasteiger partial charge in [-0.15, -0.1) is 0 Å². The number of ether oxygens (including phenoxy) is 2. The second-order valence-electron chi connectivity index (χ2n) is 5.38. The van der Waals surface area contributed by atoms with Crippen LogP contribution in [0.3, 0.4) is 0 Å². The van der Waals surface area contributed by atoms with Crippen molar-refractivity contribution in [2.75, 3.05) is 33.0 Å². The lowest BCUT2D eigenvalue weighted by atomic mass is 9.93. The Balaban J connectivity index is 1.85. The molecule has 104 valence electrons. The van der Waals surface area contributed by atoms with E-state index in [-0.39, 0.29) is 5.91 Å². The largest absolute Gasteiger partial charge is 0.381 e. The van der Waals surface area contributed by atoms with Gasteiger partial charge in [0.1, 0.15) is 5.54 Å². The van der Waals surface area contributed by atoms with E-state index >= 15 is 0 Å². The zero-order chi connectivity index (χ0) is 13.0. The first-order chi connectivity index (χ1) is 8.69. The van der Waals surface area contributed by atoms with Crippen molar-refractivity contribution >= 4 is 5.91 Å². The van der Waals surface area contributed by atoms with Crippen LogP contribution in [0.2, 0.25) is 0 Å². The van der Waals surface area contributed by atoms with E-state index in [0.29, 0.717) is 25.0 Å². The van der Waals surface area contributed by atoms with Crippen LogP contribution in [0.25, 0.3) is 0 Å². The van der Waals surface area contributed by atoms with E-state index in [0.717, 1.165) is 39.0 Å². The van der Waals surface area contributed by atoms with Crippen LogP contribution in [0.5, 0.6) is 0 Å². The highest BCUT2D eigenvalue weighted by Crippen LogP contribution is 2.40. The van der Waals surface area contributed by atoms with Crippen LogP contribution < -0.4 is 11.1 Å². The number of likely N-dealkylation sites (N-methyl/N-ethyl adjacent to an activating group) is 1. The molecule has 1 amide bonds. The molecule has 0 aromatic rings. The summed E-state index contributed by atoms with van der Waals surface area (Å²) in [6.07, 6.45) is 3.17. The standard InChI is InChI=1S/C13H24N2O3/c1-2-15-13(12(14)16,11-3-4-11)9-18-8-10-5-6-17-7-10/h10-11,15H,2-9H2,1H3,(H2,14,16). The minimum absolute atomic E-state index is 0.283. The summed E-state index contributed by atoms with van der Waals surface area (Å²) in [5.41, 5.74) is 4.93. The Morgan fingerprint density at radius 3 is 2.78 bits per heavy atom. The Hall–Kier alpha value is -0.650. The monoisotopic (exact) mass is 256 g/mol. The summed E-state index contributed by atoms with van der Waals surface area (Å²) >= 11 is 0. The highest BCUT2D eigenvalue weighted by atomic mass is 16.5. The molecule has 2 atom stereocenters. The van der Waals surface area contributed by atoms with Crippen molar-refractivity contribution in [2.24, 2.45) is 17.6 Å². The fourth-order valence-corrected chi connectivity index (χ4v) is 2.67. The minimum atomic E-state index is -0.659. The van der Waals surface area contributed by atoms with Gasteiger partial charge in [0, 0.05) is 12.5 Å². The molecule has 0 spiro atoms. The van der Waals surface area contributed by atoms with Gasteiger partial charge in [0.15, 0.2) is 0 Å². The van der Waals surface area contributed by atoms with Gasteiger partial charge in [0.2, 0.25) is 5.91 Å². The lowest BCUT2D eigenvalue weighted by molar-refractivity contribution is -0.128. The zero-order valence-electron chi connectivity index (χ0n) is 11.1. The first-order valence-corrected chi connectivity index (χ1v) is 6.89. The topological polar surface area (TPSA) is 73.6 Å². The maximum atomic E-state index is 11.8. The smallest absolute Gasteiger partial charge is 0.240 e. The average molecular weight is 256 g/mol. The molecule has 2 fully saturated rings. The highest BCUT2D eigenvalue weighted by molar-refractivity contribution is 5.85. The number of rotatable bonds is 8. The van der Waals surface area contributed by atoms with Gasteiger partial charge in [0.05, 0.1) is 19.8 Å². The summed E-state index contributed by atoms with van der Waals surface area (Å²) in [5, 5.41) is 3.25. The van der Waals surface area contributed by atoms with Gasteiger partial charge in [0.25, 0.3) is 0 Å². The Morgan fingerprint density at radius 1 is 1.50 bits per heavy atom. The quantitative estimate of drug-likeness (QED) is 0.654. The molecule has 0 aromatic heterocycles. The molecule has 2 rings (SSSR count). The number of nitrogens with one attached hydrogen (secondary N) is 1. The van der Waals surface area contributed by atoms with Crippen LogP contribution in [0.15, 0.2) is 0 Å². The molecule has 0 radical (unpaired) electrons. The molecule has 1 aliphatic carbocycles. The molecule has 2 aliphatic rings. The predicted molar refractivity (Wildman–Crippen MR) is 68.1 cm³/mol. The molecule has 18 heavy (non-hydrogen) atoms. The molecule has 1 aliphatic heterocycles. The van der Waals surface area contributed by atoms with E-state index in [1.54, 1.807) is 0 Å². The van der Waals surface area contributed by atoms with Gasteiger partial charge in [-0.3, -0.25) is 4.79 Å². The first kappa shape index (κ1) is 13.8. The molecule has 0 bridgehead atoms. The molecule has 2 unspecified atom stereocenters. The molecule has 0 aromatic carbocycles. The molecule has 1 saturated heterocycles. The maximum Gasteiger partial charge on any atom is 0.240 e. The second-order valence-corrected chi connectivity index (χ2v) is 5.38. The van der Waals surface area contributed by atoms with E-state index < -0.39 is 5.54 Å². The van der Waals surface area contributed by atoms with Crippen molar-refractivity contribution in [2.45, 2.75) is 31.7 Å². The van der Waals surface area contributed by atoms with Gasteiger partial charge in [-0.1, -0.05) is 6.92 Å². The van der Waals surface area contributed by atoms with Crippen LogP contribution >= 0.6 is 0 Å². The molecule has 5 nitrogen and oxygen atoms in total. The van der Waals surface area contributed by atoms with Crippen molar-refractivity contribution in [1.82, 2.24) is 5.32 Å². The van der Waals surface area contributed by atoms with Gasteiger partial charge in [-0.25, -0.2) is 0 Å². The molecule has 1 saturated carbocycles. The van der Waals surface area contributed by atoms with Crippen LogP contribution in [0.4, 0.5) is 0 Å². The summed E-state index contributed by atoms with van der Waals surface area (Å²) < 4.78 is 11.1. The lowest BCUT2D eigenvalue weighted by Crippen LogP contribution is -2.60. The van der Waals surface area contributed by atoms with Crippen molar-refractivity contribution in [3.8, 4) is 0 Å². The number of amides is 1. The summed E-state index contributed by atoms with van der Waals surface area (Å²) in [4.78, 5) is 11.8. The SMILES string of the molecule is CCNC(COCC1CCOC1)(C(N)=O)C1CC1. The fraction of sp³-hybridized carbons (Fsp3) is 0.923. The summed E-state index contributed by atoms with van der Waals surface area (Å²) in [7, 11) is 0. The van der Waals surface area contributed by atoms with Crippen LogP contribution in [-0.4, -0.2) is 44.4 Å². The fourth-order valence-electron chi connectivity index (χ4n) is 2.67. The molecule has 5 heteroatoms. The van der Waals surface area contributed by atoms with E-state index in [9.17, 15) is 4.79 Å². The van der Waals surface area contributed by atoms with E-state index in [1.807, 2.05) is 6.92 Å². The maximum absolute atomic E-state index is 11.8. The third-order valence-corrected chi connectivity index (χ3v) is 3.91. The van der Waals surface area contributed by atoms with Crippen LogP contribution in [-0.2, 0) is 14.3 Å². The van der Waals surface area contributed by atoms with Crippen LogP contribution in [0.1, 0.15) is 26.2 Å². The Bertz CT molecular complexity index is 288.